The van der Waals surface area contributed by atoms with Crippen LogP contribution in [0.1, 0.15) is 25.1 Å². The first-order valence-electron chi connectivity index (χ1n) is 8.43. The van der Waals surface area contributed by atoms with Gasteiger partial charge in [-0.25, -0.2) is 9.97 Å². The van der Waals surface area contributed by atoms with E-state index in [0.717, 1.165) is 23.3 Å². The third kappa shape index (κ3) is 3.26. The van der Waals surface area contributed by atoms with Crippen molar-refractivity contribution in [3.05, 3.63) is 48.7 Å². The number of carbonyl (C=O) groups excluding carboxylic acids is 2. The second-order valence-corrected chi connectivity index (χ2v) is 6.40. The number of imidazole rings is 1. The summed E-state index contributed by atoms with van der Waals surface area (Å²) in [4.78, 5) is 40.2. The third-order valence-electron chi connectivity index (χ3n) is 4.45. The number of H-pyrrole nitrogens is 1. The second-order valence-electron chi connectivity index (χ2n) is 6.40. The zero-order valence-corrected chi connectivity index (χ0v) is 14.1. The highest BCUT2D eigenvalue weighted by atomic mass is 16.2. The quantitative estimate of drug-likeness (QED) is 0.647. The Labute approximate surface area is 149 Å². The van der Waals surface area contributed by atoms with Crippen LogP contribution in [0.25, 0.3) is 11.0 Å². The summed E-state index contributed by atoms with van der Waals surface area (Å²) >= 11 is 0. The van der Waals surface area contributed by atoms with Gasteiger partial charge in [0, 0.05) is 24.2 Å². The Morgan fingerprint density at radius 1 is 1.27 bits per heavy atom. The summed E-state index contributed by atoms with van der Waals surface area (Å²) in [6.45, 7) is 1.64. The molecule has 0 aliphatic heterocycles. The molecule has 2 heterocycles. The van der Waals surface area contributed by atoms with E-state index < -0.39 is 6.04 Å². The molecule has 0 bridgehead atoms. The molecule has 1 saturated carbocycles. The van der Waals surface area contributed by atoms with Crippen molar-refractivity contribution in [1.82, 2.24) is 25.3 Å². The van der Waals surface area contributed by atoms with E-state index in [1.807, 2.05) is 24.3 Å². The number of aromatic amines is 1. The van der Waals surface area contributed by atoms with E-state index in [9.17, 15) is 9.59 Å². The van der Waals surface area contributed by atoms with Crippen molar-refractivity contribution in [3.63, 3.8) is 0 Å². The number of aromatic nitrogens is 4. The topological polar surface area (TPSA) is 113 Å². The fourth-order valence-corrected chi connectivity index (χ4v) is 2.92. The molecule has 0 radical (unpaired) electrons. The van der Waals surface area contributed by atoms with Gasteiger partial charge < -0.3 is 15.6 Å². The SMILES string of the molecule is C[C@H](NC(=O)[C@H]1C[C@@H]1c1nc2ccccc2[nH]1)C(=O)Nc1cnccn1. The zero-order chi connectivity index (χ0) is 18.1. The summed E-state index contributed by atoms with van der Waals surface area (Å²) in [5, 5.41) is 5.38. The number of carbonyl (C=O) groups is 2. The Hall–Kier alpha value is -3.29. The molecular formula is C18H18N6O2. The lowest BCUT2D eigenvalue weighted by Crippen LogP contribution is -2.42. The molecule has 0 spiro atoms. The van der Waals surface area contributed by atoms with Crippen LogP contribution in [-0.4, -0.2) is 37.8 Å². The Bertz CT molecular complexity index is 921. The van der Waals surface area contributed by atoms with E-state index in [-0.39, 0.29) is 23.7 Å². The summed E-state index contributed by atoms with van der Waals surface area (Å²) in [6.07, 6.45) is 5.18. The van der Waals surface area contributed by atoms with Crippen LogP contribution in [-0.2, 0) is 9.59 Å². The predicted octanol–water partition coefficient (Wildman–Crippen LogP) is 1.60. The molecule has 3 atom stereocenters. The van der Waals surface area contributed by atoms with Crippen molar-refractivity contribution in [2.24, 2.45) is 5.92 Å². The third-order valence-corrected chi connectivity index (χ3v) is 4.45. The van der Waals surface area contributed by atoms with Crippen molar-refractivity contribution in [3.8, 4) is 0 Å². The first-order chi connectivity index (χ1) is 12.6. The van der Waals surface area contributed by atoms with Gasteiger partial charge in [-0.15, -0.1) is 0 Å². The molecule has 0 unspecified atom stereocenters. The van der Waals surface area contributed by atoms with E-state index >= 15 is 0 Å². The molecule has 1 aliphatic carbocycles. The summed E-state index contributed by atoms with van der Waals surface area (Å²) in [5.74, 6) is 0.602. The van der Waals surface area contributed by atoms with Crippen molar-refractivity contribution in [1.29, 1.82) is 0 Å². The number of anilines is 1. The molecule has 8 nitrogen and oxygen atoms in total. The van der Waals surface area contributed by atoms with Gasteiger partial charge in [0.15, 0.2) is 5.82 Å². The van der Waals surface area contributed by atoms with Gasteiger partial charge in [0.2, 0.25) is 11.8 Å². The molecule has 2 aromatic heterocycles. The number of nitrogens with one attached hydrogen (secondary N) is 3. The van der Waals surface area contributed by atoms with E-state index in [4.69, 9.17) is 0 Å². The van der Waals surface area contributed by atoms with Crippen molar-refractivity contribution >= 4 is 28.7 Å². The number of fused-ring (bicyclic) bond motifs is 1. The number of rotatable bonds is 5. The molecule has 1 aliphatic rings. The van der Waals surface area contributed by atoms with Crippen molar-refractivity contribution in [2.75, 3.05) is 5.32 Å². The van der Waals surface area contributed by atoms with Gasteiger partial charge in [0.1, 0.15) is 11.9 Å². The largest absolute Gasteiger partial charge is 0.344 e. The average Bonchev–Trinajstić information content (AvgIpc) is 3.34. The van der Waals surface area contributed by atoms with Crippen LogP contribution < -0.4 is 10.6 Å². The summed E-state index contributed by atoms with van der Waals surface area (Å²) in [7, 11) is 0. The van der Waals surface area contributed by atoms with Gasteiger partial charge in [0.25, 0.3) is 0 Å². The molecule has 2 amide bonds. The molecule has 8 heteroatoms. The number of para-hydroxylation sites is 2. The van der Waals surface area contributed by atoms with Gasteiger partial charge >= 0.3 is 0 Å². The molecular weight excluding hydrogens is 332 g/mol. The highest BCUT2D eigenvalue weighted by Gasteiger charge is 2.46. The first kappa shape index (κ1) is 16.2. The van der Waals surface area contributed by atoms with Crippen LogP contribution in [0.4, 0.5) is 5.82 Å². The highest BCUT2D eigenvalue weighted by molar-refractivity contribution is 5.97. The monoisotopic (exact) mass is 350 g/mol. The highest BCUT2D eigenvalue weighted by Crippen LogP contribution is 2.46. The van der Waals surface area contributed by atoms with Crippen LogP contribution in [0.5, 0.6) is 0 Å². The molecule has 1 fully saturated rings. The maximum absolute atomic E-state index is 12.4. The number of hydrogen-bond acceptors (Lipinski definition) is 5. The molecule has 4 rings (SSSR count). The Morgan fingerprint density at radius 2 is 2.12 bits per heavy atom. The Morgan fingerprint density at radius 3 is 2.88 bits per heavy atom. The van der Waals surface area contributed by atoms with Gasteiger partial charge in [-0.05, 0) is 25.5 Å². The van der Waals surface area contributed by atoms with Gasteiger partial charge in [0.05, 0.1) is 17.2 Å². The number of amides is 2. The minimum Gasteiger partial charge on any atom is -0.344 e. The maximum Gasteiger partial charge on any atom is 0.247 e. The fraction of sp³-hybridized carbons (Fsp3) is 0.278. The Kier molecular flexibility index (Phi) is 4.08. The van der Waals surface area contributed by atoms with Gasteiger partial charge in [-0.1, -0.05) is 12.1 Å². The van der Waals surface area contributed by atoms with Crippen LogP contribution >= 0.6 is 0 Å². The normalized spacial score (nSPS) is 19.7. The summed E-state index contributed by atoms with van der Waals surface area (Å²) in [5.41, 5.74) is 1.86. The van der Waals surface area contributed by atoms with E-state index in [1.165, 1.54) is 18.6 Å². The molecule has 26 heavy (non-hydrogen) atoms. The standard InChI is InChI=1S/C18H18N6O2/c1-10(17(25)24-15-9-19-6-7-20-15)21-18(26)12-8-11(12)16-22-13-4-2-3-5-14(13)23-16/h2-7,9-12H,8H2,1H3,(H,21,26)(H,22,23)(H,20,24,25)/t10-,11-,12-/m0/s1. The lowest BCUT2D eigenvalue weighted by Gasteiger charge is -2.13. The second kappa shape index (κ2) is 6.55. The number of hydrogen-bond donors (Lipinski definition) is 3. The minimum absolute atomic E-state index is 0.0673. The van der Waals surface area contributed by atoms with Crippen molar-refractivity contribution < 1.29 is 9.59 Å². The van der Waals surface area contributed by atoms with Crippen LogP contribution in [0.3, 0.4) is 0 Å². The van der Waals surface area contributed by atoms with E-state index in [2.05, 4.69) is 30.6 Å². The number of benzene rings is 1. The first-order valence-corrected chi connectivity index (χ1v) is 8.43. The molecule has 3 aromatic rings. The zero-order valence-electron chi connectivity index (χ0n) is 14.1. The summed E-state index contributed by atoms with van der Waals surface area (Å²) < 4.78 is 0. The van der Waals surface area contributed by atoms with Gasteiger partial charge in [-0.3, -0.25) is 14.6 Å². The average molecular weight is 350 g/mol. The van der Waals surface area contributed by atoms with E-state index in [1.54, 1.807) is 6.92 Å². The molecule has 132 valence electrons. The van der Waals surface area contributed by atoms with E-state index in [0.29, 0.717) is 5.82 Å². The predicted molar refractivity (Wildman–Crippen MR) is 95.2 cm³/mol. The number of nitrogens with zero attached hydrogens (tertiary/aromatic N) is 3. The summed E-state index contributed by atoms with van der Waals surface area (Å²) in [6, 6.07) is 7.11. The van der Waals surface area contributed by atoms with Gasteiger partial charge in [-0.2, -0.15) is 0 Å². The Balaban J connectivity index is 1.34. The maximum atomic E-state index is 12.4. The lowest BCUT2D eigenvalue weighted by atomic mass is 10.2. The van der Waals surface area contributed by atoms with Crippen molar-refractivity contribution in [2.45, 2.75) is 25.3 Å². The fourth-order valence-electron chi connectivity index (χ4n) is 2.92. The van der Waals surface area contributed by atoms with Crippen LogP contribution in [0.2, 0.25) is 0 Å². The van der Waals surface area contributed by atoms with Crippen LogP contribution in [0, 0.1) is 5.92 Å². The minimum atomic E-state index is -0.665. The molecule has 0 saturated heterocycles. The molecule has 3 N–H and O–H groups in total. The lowest BCUT2D eigenvalue weighted by molar-refractivity contribution is -0.127. The molecule has 1 aromatic carbocycles. The smallest absolute Gasteiger partial charge is 0.247 e. The van der Waals surface area contributed by atoms with Crippen LogP contribution in [0.15, 0.2) is 42.9 Å².